The third kappa shape index (κ3) is 4.62. The number of aliphatic imine (C=N–C) groups is 1. The minimum absolute atomic E-state index is 0.158. The Bertz CT molecular complexity index is 594. The molecule has 1 aromatic carbocycles. The van der Waals surface area contributed by atoms with Crippen molar-refractivity contribution in [2.75, 3.05) is 26.0 Å². The predicted molar refractivity (Wildman–Crippen MR) is 83.6 cm³/mol. The first-order valence-electron chi connectivity index (χ1n) is 7.20. The van der Waals surface area contributed by atoms with Crippen LogP contribution in [0.15, 0.2) is 34.2 Å². The Morgan fingerprint density at radius 3 is 2.67 bits per heavy atom. The summed E-state index contributed by atoms with van der Waals surface area (Å²) in [5.74, 6) is 0. The van der Waals surface area contributed by atoms with E-state index in [-0.39, 0.29) is 6.23 Å². The Morgan fingerprint density at radius 2 is 2.05 bits per heavy atom. The average Bonchev–Trinajstić information content (AvgIpc) is 2.47. The van der Waals surface area contributed by atoms with E-state index in [9.17, 15) is 8.42 Å². The van der Waals surface area contributed by atoms with Crippen LogP contribution in [0.1, 0.15) is 25.3 Å². The smallest absolute Gasteiger partial charge is 0.175 e. The first kappa shape index (κ1) is 16.1. The fourth-order valence-corrected chi connectivity index (χ4v) is 2.74. The summed E-state index contributed by atoms with van der Waals surface area (Å²) in [5.41, 5.74) is 1.83. The van der Waals surface area contributed by atoms with Gasteiger partial charge in [-0.2, -0.15) is 0 Å². The Balaban J connectivity index is 2.09. The summed E-state index contributed by atoms with van der Waals surface area (Å²) < 4.78 is 28.6. The number of benzene rings is 1. The number of hydrogen-bond acceptors (Lipinski definition) is 5. The summed E-state index contributed by atoms with van der Waals surface area (Å²) in [4.78, 5) is 4.92. The summed E-state index contributed by atoms with van der Waals surface area (Å²) >= 11 is 0. The third-order valence-electron chi connectivity index (χ3n) is 3.34. The maximum absolute atomic E-state index is 11.5. The van der Waals surface area contributed by atoms with Gasteiger partial charge in [-0.1, -0.05) is 25.5 Å². The van der Waals surface area contributed by atoms with E-state index in [0.717, 1.165) is 24.1 Å². The molecule has 1 aromatic rings. The van der Waals surface area contributed by atoms with E-state index >= 15 is 0 Å². The topological polar surface area (TPSA) is 67.8 Å². The molecule has 6 heteroatoms. The van der Waals surface area contributed by atoms with Gasteiger partial charge in [0.15, 0.2) is 16.1 Å². The van der Waals surface area contributed by atoms with Gasteiger partial charge in [-0.05, 0) is 24.1 Å². The Morgan fingerprint density at radius 1 is 1.33 bits per heavy atom. The van der Waals surface area contributed by atoms with Crippen LogP contribution >= 0.6 is 0 Å². The molecule has 0 saturated carbocycles. The maximum atomic E-state index is 11.5. The molecule has 1 atom stereocenters. The van der Waals surface area contributed by atoms with E-state index < -0.39 is 9.84 Å². The molecule has 1 N–H and O–H groups in total. The maximum Gasteiger partial charge on any atom is 0.175 e. The fraction of sp³-hybridized carbons (Fsp3) is 0.533. The second-order valence-electron chi connectivity index (χ2n) is 5.18. The van der Waals surface area contributed by atoms with Crippen LogP contribution in [0.3, 0.4) is 0 Å². The van der Waals surface area contributed by atoms with Crippen molar-refractivity contribution in [3.05, 3.63) is 29.8 Å². The van der Waals surface area contributed by atoms with Gasteiger partial charge >= 0.3 is 0 Å². The second kappa shape index (κ2) is 7.15. The molecular formula is C15H22N2O3S. The number of nitrogens with zero attached hydrogens (tertiary/aromatic N) is 1. The SMILES string of the molecule is CCCCOC1CNCC(c2ccc(S(C)(=O)=O)cc2)=N1. The van der Waals surface area contributed by atoms with Crippen molar-refractivity contribution < 1.29 is 13.2 Å². The number of sulfone groups is 1. The van der Waals surface area contributed by atoms with Gasteiger partial charge in [0, 0.05) is 26.0 Å². The molecule has 0 aromatic heterocycles. The first-order valence-corrected chi connectivity index (χ1v) is 9.09. The molecule has 0 saturated heterocycles. The fourth-order valence-electron chi connectivity index (χ4n) is 2.11. The van der Waals surface area contributed by atoms with Crippen LogP contribution < -0.4 is 5.32 Å². The average molecular weight is 310 g/mol. The highest BCUT2D eigenvalue weighted by Gasteiger charge is 2.16. The van der Waals surface area contributed by atoms with Gasteiger partial charge in [0.05, 0.1) is 10.6 Å². The van der Waals surface area contributed by atoms with Crippen molar-refractivity contribution >= 4 is 15.5 Å². The summed E-state index contributed by atoms with van der Waals surface area (Å²) in [6.07, 6.45) is 3.18. The molecule has 116 valence electrons. The zero-order valence-electron chi connectivity index (χ0n) is 12.5. The lowest BCUT2D eigenvalue weighted by Crippen LogP contribution is -2.38. The molecule has 0 radical (unpaired) electrons. The highest BCUT2D eigenvalue weighted by Crippen LogP contribution is 2.13. The van der Waals surface area contributed by atoms with Crippen LogP contribution in [0.5, 0.6) is 0 Å². The zero-order valence-corrected chi connectivity index (χ0v) is 13.3. The third-order valence-corrected chi connectivity index (χ3v) is 4.46. The van der Waals surface area contributed by atoms with Gasteiger partial charge in [0.1, 0.15) is 0 Å². The minimum atomic E-state index is -3.16. The van der Waals surface area contributed by atoms with E-state index in [1.165, 1.54) is 6.26 Å². The lowest BCUT2D eigenvalue weighted by atomic mass is 10.1. The molecule has 2 rings (SSSR count). The Hall–Kier alpha value is -1.24. The zero-order chi connectivity index (χ0) is 15.3. The summed E-state index contributed by atoms with van der Waals surface area (Å²) in [6, 6.07) is 6.83. The molecule has 0 amide bonds. The van der Waals surface area contributed by atoms with E-state index in [1.807, 2.05) is 0 Å². The largest absolute Gasteiger partial charge is 0.355 e. The minimum Gasteiger partial charge on any atom is -0.355 e. The molecule has 1 unspecified atom stereocenters. The van der Waals surface area contributed by atoms with Gasteiger partial charge in [-0.25, -0.2) is 8.42 Å². The normalized spacial score (nSPS) is 19.3. The van der Waals surface area contributed by atoms with E-state index in [0.29, 0.717) is 24.6 Å². The number of rotatable bonds is 6. The van der Waals surface area contributed by atoms with Gasteiger partial charge in [0.2, 0.25) is 0 Å². The van der Waals surface area contributed by atoms with Crippen LogP contribution in [0.4, 0.5) is 0 Å². The molecule has 1 aliphatic heterocycles. The number of unbranched alkanes of at least 4 members (excludes halogenated alkanes) is 1. The Kier molecular flexibility index (Phi) is 5.50. The van der Waals surface area contributed by atoms with Crippen molar-refractivity contribution in [1.29, 1.82) is 0 Å². The summed E-state index contributed by atoms with van der Waals surface area (Å²) in [7, 11) is -3.16. The monoisotopic (exact) mass is 310 g/mol. The van der Waals surface area contributed by atoms with Crippen LogP contribution in [-0.4, -0.2) is 46.3 Å². The number of hydrogen-bond donors (Lipinski definition) is 1. The highest BCUT2D eigenvalue weighted by atomic mass is 32.2. The van der Waals surface area contributed by atoms with Gasteiger partial charge < -0.3 is 10.1 Å². The summed E-state index contributed by atoms with van der Waals surface area (Å²) in [6.45, 7) is 4.23. The Labute approximate surface area is 126 Å². The van der Waals surface area contributed by atoms with Crippen molar-refractivity contribution in [1.82, 2.24) is 5.32 Å². The molecule has 0 aliphatic carbocycles. The van der Waals surface area contributed by atoms with Crippen molar-refractivity contribution in [2.24, 2.45) is 4.99 Å². The van der Waals surface area contributed by atoms with E-state index in [1.54, 1.807) is 24.3 Å². The van der Waals surface area contributed by atoms with Crippen molar-refractivity contribution in [3.8, 4) is 0 Å². The molecule has 1 aliphatic rings. The van der Waals surface area contributed by atoms with Crippen molar-refractivity contribution in [2.45, 2.75) is 30.9 Å². The number of nitrogens with one attached hydrogen (secondary N) is 1. The van der Waals surface area contributed by atoms with Gasteiger partial charge in [-0.15, -0.1) is 0 Å². The molecule has 5 nitrogen and oxygen atoms in total. The van der Waals surface area contributed by atoms with Crippen LogP contribution in [0, 0.1) is 0 Å². The standard InChI is InChI=1S/C15H22N2O3S/c1-3-4-9-20-15-11-16-10-14(17-15)12-5-7-13(8-6-12)21(2,18)19/h5-8,15-16H,3-4,9-11H2,1-2H3. The summed E-state index contributed by atoms with van der Waals surface area (Å²) in [5, 5.41) is 3.28. The number of ether oxygens (including phenoxy) is 1. The van der Waals surface area contributed by atoms with Crippen LogP contribution in [0.25, 0.3) is 0 Å². The molecule has 1 heterocycles. The van der Waals surface area contributed by atoms with Gasteiger partial charge in [-0.3, -0.25) is 4.99 Å². The highest BCUT2D eigenvalue weighted by molar-refractivity contribution is 7.90. The lowest BCUT2D eigenvalue weighted by molar-refractivity contribution is 0.0556. The van der Waals surface area contributed by atoms with Crippen LogP contribution in [-0.2, 0) is 14.6 Å². The quantitative estimate of drug-likeness (QED) is 0.811. The predicted octanol–water partition coefficient (Wildman–Crippen LogP) is 1.63. The van der Waals surface area contributed by atoms with E-state index in [2.05, 4.69) is 17.2 Å². The molecular weight excluding hydrogens is 288 g/mol. The molecule has 0 fully saturated rings. The lowest BCUT2D eigenvalue weighted by Gasteiger charge is -2.22. The first-order chi connectivity index (χ1) is 10.0. The molecule has 0 spiro atoms. The van der Waals surface area contributed by atoms with Gasteiger partial charge in [0.25, 0.3) is 0 Å². The molecule has 0 bridgehead atoms. The van der Waals surface area contributed by atoms with Crippen LogP contribution in [0.2, 0.25) is 0 Å². The molecule has 21 heavy (non-hydrogen) atoms. The van der Waals surface area contributed by atoms with Crippen molar-refractivity contribution in [3.63, 3.8) is 0 Å². The second-order valence-corrected chi connectivity index (χ2v) is 7.20. The van der Waals surface area contributed by atoms with E-state index in [4.69, 9.17) is 4.74 Å².